The molecule has 0 N–H and O–H groups in total. The molecule has 0 aliphatic rings. The molecule has 0 atom stereocenters. The summed E-state index contributed by atoms with van der Waals surface area (Å²) >= 11 is 0. The Balaban J connectivity index is 0. The van der Waals surface area contributed by atoms with E-state index in [1.807, 2.05) is 0 Å². The number of hydrogen-bond donors (Lipinski definition) is 0. The third-order valence-electron chi connectivity index (χ3n) is 0. The van der Waals surface area contributed by atoms with Gasteiger partial charge in [0, 0.05) is 5.48 Å². The molecule has 0 rings (SSSR count). The summed E-state index contributed by atoms with van der Waals surface area (Å²) in [5, 5.41) is 0. The van der Waals surface area contributed by atoms with Gasteiger partial charge in [-0.05, 0) is 0 Å². The molecule has 3 nitrogen and oxygen atoms in total. The summed E-state index contributed by atoms with van der Waals surface area (Å²) in [5.74, 6) is 0. The van der Waals surface area contributed by atoms with Crippen LogP contribution in [0.2, 0.25) is 0 Å². The van der Waals surface area contributed by atoms with Crippen molar-refractivity contribution in [2.75, 3.05) is 0 Å². The topological polar surface area (TPSA) is 85.5 Å². The molecular formula is O3Ru. The van der Waals surface area contributed by atoms with Crippen LogP contribution in [-0.2, 0) is 35.9 Å². The summed E-state index contributed by atoms with van der Waals surface area (Å²) in [7, 11) is 0. The Morgan fingerprint density at radius 2 is 0.750 bits per heavy atom. The summed E-state index contributed by atoms with van der Waals surface area (Å²) in [5.41, 5.74) is 0. The van der Waals surface area contributed by atoms with E-state index in [0.717, 1.165) is 0 Å². The smallest absolute Gasteiger partial charge is 2.00 e. The van der Waals surface area contributed by atoms with Gasteiger partial charge in [0.25, 0.3) is 0 Å². The van der Waals surface area contributed by atoms with Gasteiger partial charge in [-0.15, -0.1) is 0 Å². The van der Waals surface area contributed by atoms with Crippen molar-refractivity contribution in [3.8, 4) is 0 Å². The average molecular weight is 149 g/mol. The molecule has 0 aromatic carbocycles. The van der Waals surface area contributed by atoms with E-state index in [-0.39, 0.29) is 35.9 Å². The van der Waals surface area contributed by atoms with E-state index < -0.39 is 0 Å². The van der Waals surface area contributed by atoms with Crippen molar-refractivity contribution in [3.05, 3.63) is 0 Å². The van der Waals surface area contributed by atoms with E-state index in [1.165, 1.54) is 0 Å². The van der Waals surface area contributed by atoms with Crippen LogP contribution in [0.4, 0.5) is 0 Å². The minimum atomic E-state index is 0. The molecule has 0 amide bonds. The first kappa shape index (κ1) is 218. The maximum Gasteiger partial charge on any atom is 4.00 e. The van der Waals surface area contributed by atoms with Crippen LogP contribution in [0.5, 0.6) is 0 Å². The van der Waals surface area contributed by atoms with Crippen molar-refractivity contribution in [2.45, 2.75) is 0 Å². The maximum atomic E-state index is 0. The van der Waals surface area contributed by atoms with Crippen molar-refractivity contribution in [3.63, 3.8) is 0 Å². The fourth-order valence-electron chi connectivity index (χ4n) is 0. The van der Waals surface area contributed by atoms with Crippen LogP contribution in [0.15, 0.2) is 0 Å². The zero-order valence-electron chi connectivity index (χ0n) is 1.58. The molecule has 0 aliphatic carbocycles. The first-order chi connectivity index (χ1) is 0. The third kappa shape index (κ3) is 22.3. The summed E-state index contributed by atoms with van der Waals surface area (Å²) in [6, 6.07) is 0. The fraction of sp³-hybridized carbons (Fsp3) is 0. The molecule has 0 heterocycles. The maximum absolute atomic E-state index is 0. The molecule has 0 aliphatic heterocycles. The second-order valence-electron chi connectivity index (χ2n) is 0. The van der Waals surface area contributed by atoms with E-state index in [4.69, 9.17) is 0 Å². The van der Waals surface area contributed by atoms with Crippen LogP contribution in [0.1, 0.15) is 0 Å². The molecule has 2 radical (unpaired) electrons. The predicted octanol–water partition coefficient (Wildman–Crippen LogP) is -0.359. The Hall–Kier alpha value is 0.503. The van der Waals surface area contributed by atoms with Crippen molar-refractivity contribution in [1.82, 2.24) is 0 Å². The SMILES string of the molecule is [O-2].[O-2].[O].[Ru+4]. The van der Waals surface area contributed by atoms with Gasteiger partial charge in [0.15, 0.2) is 0 Å². The van der Waals surface area contributed by atoms with Gasteiger partial charge >= 0.3 is 19.5 Å². The third-order valence-corrected chi connectivity index (χ3v) is 0. The summed E-state index contributed by atoms with van der Waals surface area (Å²) < 4.78 is 0. The van der Waals surface area contributed by atoms with E-state index in [0.29, 0.717) is 0 Å². The second-order valence-corrected chi connectivity index (χ2v) is 0. The number of hydrogen-bond acceptors (Lipinski definition) is 0. The van der Waals surface area contributed by atoms with Gasteiger partial charge in [-0.2, -0.15) is 0 Å². The van der Waals surface area contributed by atoms with Crippen molar-refractivity contribution < 1.29 is 35.9 Å². The standard InChI is InChI=1S/3O.Ru/q;2*-2;+4. The molecule has 0 bridgehead atoms. The van der Waals surface area contributed by atoms with Crippen LogP contribution in [-0.4, -0.2) is 0 Å². The minimum Gasteiger partial charge on any atom is -2.00 e. The van der Waals surface area contributed by atoms with Gasteiger partial charge < -0.3 is 11.0 Å². The van der Waals surface area contributed by atoms with E-state index in [2.05, 4.69) is 0 Å². The molecule has 0 saturated carbocycles. The quantitative estimate of drug-likeness (QED) is 0.421. The zero-order chi connectivity index (χ0) is 0. The van der Waals surface area contributed by atoms with Crippen LogP contribution >= 0.6 is 0 Å². The normalized spacial score (nSPS) is 0. The molecule has 4 heteroatoms. The molecule has 0 aromatic rings. The minimum absolute atomic E-state index is 0. The fourth-order valence-corrected chi connectivity index (χ4v) is 0. The van der Waals surface area contributed by atoms with Gasteiger partial charge in [-0.25, -0.2) is 0 Å². The first-order valence-electron chi connectivity index (χ1n) is 0. The van der Waals surface area contributed by atoms with Gasteiger partial charge in [-0.1, -0.05) is 0 Å². The average Bonchev–Trinajstić information content (AvgIpc) is 0. The molecule has 0 saturated heterocycles. The zero-order valence-corrected chi connectivity index (χ0v) is 3.32. The van der Waals surface area contributed by atoms with Gasteiger partial charge in [-0.3, -0.25) is 0 Å². The predicted molar refractivity (Wildman–Crippen MR) is 2.06 cm³/mol. The van der Waals surface area contributed by atoms with Crippen LogP contribution in [0.25, 0.3) is 0 Å². The molecule has 0 spiro atoms. The molecule has 4 heavy (non-hydrogen) atoms. The largest absolute Gasteiger partial charge is 4.00 e. The Labute approximate surface area is 36.7 Å². The molecular weight excluding hydrogens is 149 g/mol. The number of rotatable bonds is 0. The van der Waals surface area contributed by atoms with Crippen molar-refractivity contribution in [1.29, 1.82) is 0 Å². The summed E-state index contributed by atoms with van der Waals surface area (Å²) in [4.78, 5) is 0. The van der Waals surface area contributed by atoms with Crippen LogP contribution < -0.4 is 0 Å². The monoisotopic (exact) mass is 150 g/mol. The van der Waals surface area contributed by atoms with Crippen LogP contribution in [0.3, 0.4) is 0 Å². The molecule has 0 fully saturated rings. The Morgan fingerprint density at radius 1 is 0.750 bits per heavy atom. The van der Waals surface area contributed by atoms with Gasteiger partial charge in [0.05, 0.1) is 0 Å². The van der Waals surface area contributed by atoms with Crippen LogP contribution in [0, 0.1) is 0 Å². The first-order valence-corrected chi connectivity index (χ1v) is 0. The Morgan fingerprint density at radius 3 is 0.750 bits per heavy atom. The summed E-state index contributed by atoms with van der Waals surface area (Å²) in [6.07, 6.45) is 0. The molecule has 0 unspecified atom stereocenters. The van der Waals surface area contributed by atoms with E-state index in [1.54, 1.807) is 0 Å². The second kappa shape index (κ2) is 86.6. The van der Waals surface area contributed by atoms with Gasteiger partial charge in [0.1, 0.15) is 0 Å². The molecule has 26 valence electrons. The van der Waals surface area contributed by atoms with E-state index in [9.17, 15) is 0 Å². The summed E-state index contributed by atoms with van der Waals surface area (Å²) in [6.45, 7) is 0. The Bertz CT molecular complexity index is 3.25. The van der Waals surface area contributed by atoms with Crippen molar-refractivity contribution in [2.24, 2.45) is 0 Å². The van der Waals surface area contributed by atoms with E-state index >= 15 is 0 Å². The molecule has 0 aromatic heterocycles. The van der Waals surface area contributed by atoms with Gasteiger partial charge in [0.2, 0.25) is 0 Å². The Kier molecular flexibility index (Phi) is 4730. The van der Waals surface area contributed by atoms with Crippen molar-refractivity contribution >= 4 is 0 Å².